The Hall–Kier alpha value is -0.560. The number of carbonyl (C=O) groups is 1. The number of hydrogen-bond acceptors (Lipinski definition) is 5. The summed E-state index contributed by atoms with van der Waals surface area (Å²) in [5.41, 5.74) is 0.495. The Morgan fingerprint density at radius 3 is 2.95 bits per heavy atom. The highest BCUT2D eigenvalue weighted by atomic mass is 35.5. The molecule has 0 atom stereocenters. The maximum Gasteiger partial charge on any atom is 0.191 e. The van der Waals surface area contributed by atoms with Crippen LogP contribution in [0.1, 0.15) is 35.4 Å². The minimum Gasteiger partial charge on any atom is -0.306 e. The molecule has 3 rings (SSSR count). The van der Waals surface area contributed by atoms with Gasteiger partial charge in [-0.3, -0.25) is 4.79 Å². The first-order chi connectivity index (χ1) is 10.1. The first-order valence-electron chi connectivity index (χ1n) is 6.68. The number of aromatic nitrogens is 3. The standard InChI is InChI=1S/C13H13Cl2N3OS2/c14-10-6-8(12(15)21-10)9(19)7-20-13-17-16-11-4-2-1-3-5-18(11)13/h6H,1-5,7H2. The summed E-state index contributed by atoms with van der Waals surface area (Å²) in [5.74, 6) is 1.29. The van der Waals surface area contributed by atoms with E-state index in [1.54, 1.807) is 6.07 Å². The highest BCUT2D eigenvalue weighted by Crippen LogP contribution is 2.32. The molecule has 112 valence electrons. The molecule has 3 heterocycles. The van der Waals surface area contributed by atoms with E-state index >= 15 is 0 Å². The van der Waals surface area contributed by atoms with E-state index in [0.29, 0.717) is 20.0 Å². The molecule has 0 fully saturated rings. The fourth-order valence-electron chi connectivity index (χ4n) is 2.30. The van der Waals surface area contributed by atoms with Gasteiger partial charge in [0.25, 0.3) is 0 Å². The summed E-state index contributed by atoms with van der Waals surface area (Å²) in [5, 5.41) is 9.24. The molecule has 2 aromatic rings. The van der Waals surface area contributed by atoms with Crippen LogP contribution < -0.4 is 0 Å². The van der Waals surface area contributed by atoms with Crippen LogP contribution in [0.25, 0.3) is 0 Å². The van der Waals surface area contributed by atoms with E-state index in [-0.39, 0.29) is 5.78 Å². The molecule has 1 aliphatic rings. The molecular weight excluding hydrogens is 349 g/mol. The number of rotatable bonds is 4. The molecule has 0 aromatic carbocycles. The highest BCUT2D eigenvalue weighted by Gasteiger charge is 2.18. The van der Waals surface area contributed by atoms with E-state index < -0.39 is 0 Å². The van der Waals surface area contributed by atoms with Crippen LogP contribution in [0.5, 0.6) is 0 Å². The lowest BCUT2D eigenvalue weighted by molar-refractivity contribution is 0.102. The Bertz CT molecular complexity index is 668. The predicted octanol–water partition coefficient (Wildman–Crippen LogP) is 4.35. The van der Waals surface area contributed by atoms with Gasteiger partial charge in [0.05, 0.1) is 10.1 Å². The lowest BCUT2D eigenvalue weighted by atomic mass is 10.2. The van der Waals surface area contributed by atoms with E-state index in [4.69, 9.17) is 23.2 Å². The molecule has 0 amide bonds. The van der Waals surface area contributed by atoms with Gasteiger partial charge in [-0.05, 0) is 18.9 Å². The van der Waals surface area contributed by atoms with Gasteiger partial charge in [-0.15, -0.1) is 21.5 Å². The average Bonchev–Trinajstić information content (AvgIpc) is 2.90. The number of thioether (sulfide) groups is 1. The van der Waals surface area contributed by atoms with E-state index in [9.17, 15) is 4.79 Å². The van der Waals surface area contributed by atoms with Gasteiger partial charge < -0.3 is 4.57 Å². The van der Waals surface area contributed by atoms with Crippen LogP contribution in [0.3, 0.4) is 0 Å². The molecule has 0 saturated carbocycles. The monoisotopic (exact) mass is 361 g/mol. The zero-order chi connectivity index (χ0) is 14.8. The molecule has 0 unspecified atom stereocenters. The van der Waals surface area contributed by atoms with Gasteiger partial charge in [-0.1, -0.05) is 41.4 Å². The fraction of sp³-hybridized carbons (Fsp3) is 0.462. The van der Waals surface area contributed by atoms with E-state index in [1.807, 2.05) is 0 Å². The summed E-state index contributed by atoms with van der Waals surface area (Å²) in [6.45, 7) is 0.934. The van der Waals surface area contributed by atoms with Gasteiger partial charge in [0, 0.05) is 18.5 Å². The van der Waals surface area contributed by atoms with Gasteiger partial charge in [-0.25, -0.2) is 0 Å². The molecule has 0 spiro atoms. The lowest BCUT2D eigenvalue weighted by Gasteiger charge is -2.05. The van der Waals surface area contributed by atoms with Crippen LogP contribution >= 0.6 is 46.3 Å². The van der Waals surface area contributed by atoms with Crippen molar-refractivity contribution in [1.29, 1.82) is 0 Å². The van der Waals surface area contributed by atoms with Gasteiger partial charge in [0.1, 0.15) is 10.2 Å². The first kappa shape index (κ1) is 15.3. The minimum atomic E-state index is -0.0286. The molecule has 4 nitrogen and oxygen atoms in total. The number of carbonyl (C=O) groups excluding carboxylic acids is 1. The molecule has 0 aliphatic carbocycles. The van der Waals surface area contributed by atoms with Crippen LogP contribution in [0.15, 0.2) is 11.2 Å². The van der Waals surface area contributed by atoms with Crippen LogP contribution in [-0.4, -0.2) is 26.3 Å². The van der Waals surface area contributed by atoms with Crippen molar-refractivity contribution >= 4 is 52.1 Å². The van der Waals surface area contributed by atoms with Crippen LogP contribution in [0, 0.1) is 0 Å². The minimum absolute atomic E-state index is 0.0286. The van der Waals surface area contributed by atoms with Gasteiger partial charge in [-0.2, -0.15) is 0 Å². The van der Waals surface area contributed by atoms with Crippen molar-refractivity contribution in [3.05, 3.63) is 26.1 Å². The van der Waals surface area contributed by atoms with Crippen molar-refractivity contribution < 1.29 is 4.79 Å². The Balaban J connectivity index is 1.69. The number of aryl methyl sites for hydroxylation is 1. The quantitative estimate of drug-likeness (QED) is 0.599. The van der Waals surface area contributed by atoms with Crippen LogP contribution in [0.2, 0.25) is 8.67 Å². The summed E-state index contributed by atoms with van der Waals surface area (Å²) in [6.07, 6.45) is 4.48. The Morgan fingerprint density at radius 2 is 2.19 bits per heavy atom. The largest absolute Gasteiger partial charge is 0.306 e. The molecule has 0 N–H and O–H groups in total. The van der Waals surface area contributed by atoms with Crippen molar-refractivity contribution in [2.45, 2.75) is 37.4 Å². The van der Waals surface area contributed by atoms with E-state index in [1.165, 1.54) is 29.5 Å². The van der Waals surface area contributed by atoms with Crippen LogP contribution in [-0.2, 0) is 13.0 Å². The van der Waals surface area contributed by atoms with Gasteiger partial charge >= 0.3 is 0 Å². The number of halogens is 2. The normalized spacial score (nSPS) is 14.8. The molecule has 0 saturated heterocycles. The second kappa shape index (κ2) is 6.69. The Morgan fingerprint density at radius 1 is 1.33 bits per heavy atom. The predicted molar refractivity (Wildman–Crippen MR) is 87.0 cm³/mol. The van der Waals surface area contributed by atoms with Crippen molar-refractivity contribution in [2.75, 3.05) is 5.75 Å². The number of fused-ring (bicyclic) bond motifs is 1. The number of nitrogens with zero attached hydrogens (tertiary/aromatic N) is 3. The molecule has 21 heavy (non-hydrogen) atoms. The van der Waals surface area contributed by atoms with Crippen LogP contribution in [0.4, 0.5) is 0 Å². The molecular formula is C13H13Cl2N3OS2. The second-order valence-electron chi connectivity index (χ2n) is 4.81. The summed E-state index contributed by atoms with van der Waals surface area (Å²) in [7, 11) is 0. The zero-order valence-electron chi connectivity index (χ0n) is 11.1. The number of hydrogen-bond donors (Lipinski definition) is 0. The number of ketones is 1. The molecule has 2 aromatic heterocycles. The number of Topliss-reactive ketones (excluding diaryl/α,β-unsaturated/α-hetero) is 1. The zero-order valence-corrected chi connectivity index (χ0v) is 14.3. The molecule has 8 heteroatoms. The molecule has 0 bridgehead atoms. The Labute approximate surface area is 140 Å². The smallest absolute Gasteiger partial charge is 0.191 e. The molecule has 0 radical (unpaired) electrons. The van der Waals surface area contributed by atoms with Gasteiger partial charge in [0.15, 0.2) is 10.9 Å². The van der Waals surface area contributed by atoms with E-state index in [0.717, 1.165) is 36.8 Å². The van der Waals surface area contributed by atoms with Crippen molar-refractivity contribution in [3.63, 3.8) is 0 Å². The Kier molecular flexibility index (Phi) is 4.88. The molecule has 1 aliphatic heterocycles. The average molecular weight is 362 g/mol. The fourth-order valence-corrected chi connectivity index (χ4v) is 4.67. The SMILES string of the molecule is O=C(CSc1nnc2n1CCCCC2)c1cc(Cl)sc1Cl. The van der Waals surface area contributed by atoms with Gasteiger partial charge in [0.2, 0.25) is 0 Å². The first-order valence-corrected chi connectivity index (χ1v) is 9.24. The maximum atomic E-state index is 12.2. The number of thiophene rings is 1. The van der Waals surface area contributed by atoms with Crippen molar-refractivity contribution in [2.24, 2.45) is 0 Å². The second-order valence-corrected chi connectivity index (χ2v) is 8.04. The third-order valence-corrected chi connectivity index (χ3v) is 5.82. The summed E-state index contributed by atoms with van der Waals surface area (Å²) < 4.78 is 3.11. The van der Waals surface area contributed by atoms with Crippen molar-refractivity contribution in [3.8, 4) is 0 Å². The topological polar surface area (TPSA) is 47.8 Å². The van der Waals surface area contributed by atoms with E-state index in [2.05, 4.69) is 14.8 Å². The maximum absolute atomic E-state index is 12.2. The summed E-state index contributed by atoms with van der Waals surface area (Å²) in [6, 6.07) is 1.63. The summed E-state index contributed by atoms with van der Waals surface area (Å²) >= 11 is 14.5. The third kappa shape index (κ3) is 3.44. The summed E-state index contributed by atoms with van der Waals surface area (Å²) in [4.78, 5) is 12.2. The highest BCUT2D eigenvalue weighted by molar-refractivity contribution is 7.99. The lowest BCUT2D eigenvalue weighted by Crippen LogP contribution is -2.06. The third-order valence-electron chi connectivity index (χ3n) is 3.37. The van der Waals surface area contributed by atoms with Crippen molar-refractivity contribution in [1.82, 2.24) is 14.8 Å².